The normalized spacial score (nSPS) is 28.2. The Kier molecular flexibility index (Phi) is 10.2. The average Bonchev–Trinajstić information content (AvgIpc) is 3.40. The van der Waals surface area contributed by atoms with Crippen LogP contribution in [0.25, 0.3) is 0 Å². The molecule has 5 rings (SSSR count). The second kappa shape index (κ2) is 13.5. The van der Waals surface area contributed by atoms with Crippen LogP contribution in [0.4, 0.5) is 0 Å². The van der Waals surface area contributed by atoms with Crippen LogP contribution in [-0.2, 0) is 37.7 Å². The minimum atomic E-state index is -1.74. The summed E-state index contributed by atoms with van der Waals surface area (Å²) in [5.74, 6) is -1.93. The van der Waals surface area contributed by atoms with E-state index in [9.17, 15) is 30.0 Å². The first-order valence-corrected chi connectivity index (χ1v) is 16.6. The molecule has 0 radical (unpaired) electrons. The number of aryl methyl sites for hydroxylation is 2. The van der Waals surface area contributed by atoms with Gasteiger partial charge in [-0.1, -0.05) is 36.4 Å². The molecule has 2 aromatic rings. The molecule has 258 valence electrons. The summed E-state index contributed by atoms with van der Waals surface area (Å²) in [6, 6.07) is 13.8. The van der Waals surface area contributed by atoms with Crippen LogP contribution >= 0.6 is 0 Å². The topological polar surface area (TPSA) is 161 Å². The van der Waals surface area contributed by atoms with Gasteiger partial charge in [-0.05, 0) is 102 Å². The lowest BCUT2D eigenvalue weighted by Gasteiger charge is -2.50. The molecule has 1 saturated carbocycles. The largest absolute Gasteiger partial charge is 0.387 e. The quantitative estimate of drug-likeness (QED) is 0.188. The van der Waals surface area contributed by atoms with E-state index < -0.39 is 40.8 Å². The van der Waals surface area contributed by atoms with Crippen LogP contribution in [0.5, 0.6) is 0 Å². The van der Waals surface area contributed by atoms with E-state index in [1.165, 1.54) is 13.8 Å². The second-order valence-corrected chi connectivity index (χ2v) is 14.4. The maximum Gasteiger partial charge on any atom is 0.245 e. The van der Waals surface area contributed by atoms with Crippen LogP contribution in [0.1, 0.15) is 73.8 Å². The van der Waals surface area contributed by atoms with Gasteiger partial charge in [0.05, 0.1) is 12.2 Å². The Morgan fingerprint density at radius 2 is 1.70 bits per heavy atom. The molecule has 2 heterocycles. The highest BCUT2D eigenvalue weighted by Crippen LogP contribution is 2.53. The number of nitrogens with one attached hydrogen (secondary N) is 2. The number of likely N-dealkylation sites (N-methyl/N-ethyl adjacent to an activating group) is 1. The van der Waals surface area contributed by atoms with Crippen molar-refractivity contribution in [2.24, 2.45) is 0 Å². The molecule has 2 amide bonds. The molecule has 0 aromatic heterocycles. The fraction of sp³-hybridized carbons (Fsp3) is 0.611. The monoisotopic (exact) mass is 653 g/mol. The van der Waals surface area contributed by atoms with E-state index in [0.717, 1.165) is 41.6 Å². The maximum atomic E-state index is 12.8. The third-order valence-electron chi connectivity index (χ3n) is 10.3. The molecule has 11 nitrogen and oxygen atoms in total. The molecule has 0 spiro atoms. The third-order valence-corrected chi connectivity index (χ3v) is 10.3. The van der Waals surface area contributed by atoms with E-state index >= 15 is 0 Å². The fourth-order valence-corrected chi connectivity index (χ4v) is 6.89. The number of fused-ring (bicyclic) bond motifs is 2. The van der Waals surface area contributed by atoms with Gasteiger partial charge in [-0.2, -0.15) is 0 Å². The molecular formula is C36H51N3O8. The molecule has 2 bridgehead atoms. The Balaban J connectivity index is 1.18. The highest BCUT2D eigenvalue weighted by atomic mass is 16.8. The highest BCUT2D eigenvalue weighted by Gasteiger charge is 2.71. The van der Waals surface area contributed by atoms with Crippen molar-refractivity contribution < 1.29 is 39.5 Å². The van der Waals surface area contributed by atoms with Crippen LogP contribution in [0.3, 0.4) is 0 Å². The van der Waals surface area contributed by atoms with Crippen LogP contribution in [-0.4, -0.2) is 106 Å². The number of carbonyl (C=O) groups excluding carboxylic acids is 2. The summed E-state index contributed by atoms with van der Waals surface area (Å²) in [6.45, 7) is 6.06. The van der Waals surface area contributed by atoms with Crippen molar-refractivity contribution in [2.45, 2.75) is 107 Å². The van der Waals surface area contributed by atoms with Gasteiger partial charge in [-0.15, -0.1) is 0 Å². The van der Waals surface area contributed by atoms with Gasteiger partial charge in [-0.25, -0.2) is 0 Å². The Hall–Kier alpha value is -2.90. The number of benzene rings is 2. The lowest BCUT2D eigenvalue weighted by molar-refractivity contribution is -0.348. The summed E-state index contributed by atoms with van der Waals surface area (Å²) in [4.78, 5) is 27.5. The smallest absolute Gasteiger partial charge is 0.245 e. The summed E-state index contributed by atoms with van der Waals surface area (Å²) in [6.07, 6.45) is -0.0936. The zero-order valence-corrected chi connectivity index (χ0v) is 28.2. The first kappa shape index (κ1) is 35.4. The van der Waals surface area contributed by atoms with Crippen LogP contribution < -0.4 is 10.6 Å². The molecule has 2 aromatic carbocycles. The van der Waals surface area contributed by atoms with Gasteiger partial charge in [0.25, 0.3) is 0 Å². The first-order chi connectivity index (χ1) is 22.1. The van der Waals surface area contributed by atoms with E-state index in [1.807, 2.05) is 38.1 Å². The number of hydrogen-bond donors (Lipinski definition) is 6. The molecule has 1 aliphatic carbocycles. The van der Waals surface area contributed by atoms with Gasteiger partial charge in [0.2, 0.25) is 17.6 Å². The molecule has 47 heavy (non-hydrogen) atoms. The minimum absolute atomic E-state index is 0.0909. The first-order valence-electron chi connectivity index (χ1n) is 16.6. The van der Waals surface area contributed by atoms with Crippen LogP contribution in [0, 0.1) is 6.92 Å². The number of carbonyl (C=O) groups is 2. The standard InChI is InChI=1S/C36H51N3O8/c1-23-10-15-27(36-31(43)29(41)30(42)35(47-36,22-46-36)33(2,3)45)21-26(23)20-25-13-11-24(12-14-25)8-6-9-28(40)38-34(16-7-17-34)32(44)37-18-19-39(4)5/h10-15,21,29-31,41-43,45H,6-9,16-20,22H2,1-5H3,(H,37,44)(H,38,40)/t29-,30-,31+,35-,36-/m0/s1. The van der Waals surface area contributed by atoms with Gasteiger partial charge < -0.3 is 45.4 Å². The van der Waals surface area contributed by atoms with Gasteiger partial charge in [-0.3, -0.25) is 9.59 Å². The fourth-order valence-electron chi connectivity index (χ4n) is 6.89. The van der Waals surface area contributed by atoms with Crippen molar-refractivity contribution in [2.75, 3.05) is 33.8 Å². The Morgan fingerprint density at radius 3 is 2.32 bits per heavy atom. The molecule has 3 fully saturated rings. The Bertz CT molecular complexity index is 1440. The number of ether oxygens (including phenoxy) is 2. The van der Waals surface area contributed by atoms with E-state index in [0.29, 0.717) is 44.2 Å². The van der Waals surface area contributed by atoms with Crippen LogP contribution in [0.2, 0.25) is 0 Å². The van der Waals surface area contributed by atoms with Crippen molar-refractivity contribution in [1.82, 2.24) is 15.5 Å². The Morgan fingerprint density at radius 1 is 1.02 bits per heavy atom. The average molecular weight is 654 g/mol. The van der Waals surface area contributed by atoms with Crippen molar-refractivity contribution in [3.63, 3.8) is 0 Å². The second-order valence-electron chi connectivity index (χ2n) is 14.4. The molecule has 11 heteroatoms. The molecular weight excluding hydrogens is 602 g/mol. The zero-order chi connectivity index (χ0) is 34.2. The molecule has 2 saturated heterocycles. The van der Waals surface area contributed by atoms with Crippen LogP contribution in [0.15, 0.2) is 42.5 Å². The summed E-state index contributed by atoms with van der Waals surface area (Å²) in [7, 11) is 3.91. The molecule has 5 atom stereocenters. The molecule has 6 N–H and O–H groups in total. The number of nitrogens with zero attached hydrogens (tertiary/aromatic N) is 1. The van der Waals surface area contributed by atoms with Crippen molar-refractivity contribution in [1.29, 1.82) is 0 Å². The summed E-state index contributed by atoms with van der Waals surface area (Å²) in [5.41, 5.74) is 0.708. The van der Waals surface area contributed by atoms with E-state index in [2.05, 4.69) is 34.9 Å². The number of amides is 2. The van der Waals surface area contributed by atoms with Crippen molar-refractivity contribution in [3.8, 4) is 0 Å². The maximum absolute atomic E-state index is 12.8. The molecule has 0 unspecified atom stereocenters. The molecule has 2 aliphatic heterocycles. The van der Waals surface area contributed by atoms with Crippen molar-refractivity contribution >= 4 is 11.8 Å². The van der Waals surface area contributed by atoms with E-state index in [4.69, 9.17) is 9.47 Å². The van der Waals surface area contributed by atoms with Gasteiger partial charge in [0, 0.05) is 25.1 Å². The minimum Gasteiger partial charge on any atom is -0.387 e. The number of aliphatic hydroxyl groups excluding tert-OH is 3. The van der Waals surface area contributed by atoms with Crippen molar-refractivity contribution in [3.05, 3.63) is 70.3 Å². The number of hydrogen-bond acceptors (Lipinski definition) is 9. The predicted molar refractivity (Wildman–Crippen MR) is 175 cm³/mol. The van der Waals surface area contributed by atoms with Gasteiger partial charge in [0.1, 0.15) is 23.9 Å². The highest BCUT2D eigenvalue weighted by molar-refractivity contribution is 5.92. The summed E-state index contributed by atoms with van der Waals surface area (Å²) in [5, 5.41) is 49.5. The van der Waals surface area contributed by atoms with Gasteiger partial charge >= 0.3 is 0 Å². The number of rotatable bonds is 13. The summed E-state index contributed by atoms with van der Waals surface area (Å²) >= 11 is 0. The third kappa shape index (κ3) is 6.85. The summed E-state index contributed by atoms with van der Waals surface area (Å²) < 4.78 is 12.2. The SMILES string of the molecule is Cc1ccc([C@]23OC[C@](C(C)(C)O)(O2)[C@@H](O)[C@H](O)[C@H]3O)cc1Cc1ccc(CCCC(=O)NC2(C(=O)NCCN(C)C)CCC2)cc1. The zero-order valence-electron chi connectivity index (χ0n) is 28.2. The van der Waals surface area contributed by atoms with E-state index in [1.54, 1.807) is 6.07 Å². The van der Waals surface area contributed by atoms with Gasteiger partial charge in [0.15, 0.2) is 5.60 Å². The predicted octanol–water partition coefficient (Wildman–Crippen LogP) is 1.43. The lowest BCUT2D eigenvalue weighted by atomic mass is 9.75. The number of aliphatic hydroxyl groups is 4. The lowest BCUT2D eigenvalue weighted by Crippen LogP contribution is -2.70. The Labute approximate surface area is 277 Å². The van der Waals surface area contributed by atoms with E-state index in [-0.39, 0.29) is 18.4 Å². The molecule has 3 aliphatic rings.